The van der Waals surface area contributed by atoms with Crippen LogP contribution in [0.15, 0.2) is 59.4 Å². The number of pyridine rings is 2. The zero-order chi connectivity index (χ0) is 31.3. The average Bonchev–Trinajstić information content (AvgIpc) is 3.24. The minimum Gasteiger partial charge on any atom is -0.474 e. The van der Waals surface area contributed by atoms with E-state index in [4.69, 9.17) is 21.3 Å². The Morgan fingerprint density at radius 3 is 2.35 bits per heavy atom. The molecule has 1 fully saturated rings. The van der Waals surface area contributed by atoms with E-state index in [9.17, 15) is 17.2 Å². The van der Waals surface area contributed by atoms with E-state index < -0.39 is 21.8 Å². The van der Waals surface area contributed by atoms with E-state index in [1.54, 1.807) is 20.2 Å². The first kappa shape index (κ1) is 30.7. The summed E-state index contributed by atoms with van der Waals surface area (Å²) < 4.78 is 63.6. The lowest BCUT2D eigenvalue weighted by molar-refractivity contribution is -0.0493. The van der Waals surface area contributed by atoms with Crippen molar-refractivity contribution in [3.63, 3.8) is 0 Å². The summed E-state index contributed by atoms with van der Waals surface area (Å²) in [7, 11) is -2.14. The highest BCUT2D eigenvalue weighted by Gasteiger charge is 2.40. The molecule has 3 heterocycles. The van der Waals surface area contributed by atoms with Gasteiger partial charge < -0.3 is 20.0 Å². The maximum atomic E-state index is 14.4. The first-order valence-electron chi connectivity index (χ1n) is 14.3. The number of sulfone groups is 1. The van der Waals surface area contributed by atoms with Gasteiger partial charge in [-0.05, 0) is 51.2 Å². The predicted octanol–water partition coefficient (Wildman–Crippen LogP) is 5.64. The van der Waals surface area contributed by atoms with Crippen LogP contribution in [-0.4, -0.2) is 53.3 Å². The standard InChI is InChI=1S/C31H38F2N6O3S/c1-18(2)42-30-25-26-23(15-22(16-36-26)27(19(3)34)38(4)35)39(29(25)24(17-37-30)43(5,40)41)28(20-9-7-6-8-10-20)21-11-13-31(32,33)14-12-21/h6-10,15-18,21,28H,11-14,34-35H2,1-5H3/b27-19-. The van der Waals surface area contributed by atoms with Crippen molar-refractivity contribution in [2.45, 2.75) is 69.4 Å². The van der Waals surface area contributed by atoms with Gasteiger partial charge in [0.1, 0.15) is 10.4 Å². The smallest absolute Gasteiger partial charge is 0.248 e. The Morgan fingerprint density at radius 1 is 1.14 bits per heavy atom. The second-order valence-electron chi connectivity index (χ2n) is 11.7. The van der Waals surface area contributed by atoms with Crippen molar-refractivity contribution in [1.82, 2.24) is 19.5 Å². The molecule has 0 spiro atoms. The maximum absolute atomic E-state index is 14.4. The van der Waals surface area contributed by atoms with E-state index in [0.717, 1.165) is 11.8 Å². The molecular formula is C31H38F2N6O3S. The molecule has 0 bridgehead atoms. The molecule has 1 aliphatic rings. The van der Waals surface area contributed by atoms with Crippen molar-refractivity contribution in [2.24, 2.45) is 17.5 Å². The summed E-state index contributed by atoms with van der Waals surface area (Å²) in [4.78, 5) is 9.27. The summed E-state index contributed by atoms with van der Waals surface area (Å²) in [5, 5.41) is 1.84. The van der Waals surface area contributed by atoms with Gasteiger partial charge in [0.25, 0.3) is 0 Å². The lowest BCUT2D eigenvalue weighted by Gasteiger charge is -2.36. The van der Waals surface area contributed by atoms with Crippen LogP contribution in [0.2, 0.25) is 0 Å². The van der Waals surface area contributed by atoms with E-state index in [1.165, 1.54) is 11.2 Å². The van der Waals surface area contributed by atoms with Crippen LogP contribution >= 0.6 is 0 Å². The summed E-state index contributed by atoms with van der Waals surface area (Å²) in [6.45, 7) is 5.44. The Hall–Kier alpha value is -3.77. The van der Waals surface area contributed by atoms with Crippen LogP contribution in [0.3, 0.4) is 0 Å². The Balaban J connectivity index is 1.97. The van der Waals surface area contributed by atoms with Gasteiger partial charge in [0, 0.05) is 43.6 Å². The Morgan fingerprint density at radius 2 is 1.79 bits per heavy atom. The van der Waals surface area contributed by atoms with Crippen LogP contribution in [0.25, 0.3) is 27.6 Å². The topological polar surface area (TPSA) is 129 Å². The molecule has 1 atom stereocenters. The van der Waals surface area contributed by atoms with Crippen molar-refractivity contribution in [3.8, 4) is 5.88 Å². The zero-order valence-corrected chi connectivity index (χ0v) is 25.8. The van der Waals surface area contributed by atoms with Gasteiger partial charge in [0.05, 0.1) is 40.5 Å². The van der Waals surface area contributed by atoms with E-state index in [1.807, 2.05) is 54.8 Å². The fraction of sp³-hybridized carbons (Fsp3) is 0.419. The molecule has 43 heavy (non-hydrogen) atoms. The van der Waals surface area contributed by atoms with Gasteiger partial charge in [-0.25, -0.2) is 28.0 Å². The van der Waals surface area contributed by atoms with Gasteiger partial charge >= 0.3 is 0 Å². The molecule has 1 saturated carbocycles. The number of hydrogen-bond acceptors (Lipinski definition) is 8. The molecule has 1 aliphatic carbocycles. The molecule has 1 aromatic carbocycles. The minimum absolute atomic E-state index is 0.00180. The van der Waals surface area contributed by atoms with Crippen LogP contribution in [0.5, 0.6) is 5.88 Å². The molecule has 4 aromatic rings. The number of aromatic nitrogens is 3. The molecule has 12 heteroatoms. The van der Waals surface area contributed by atoms with Gasteiger partial charge in [-0.2, -0.15) is 0 Å². The number of benzene rings is 1. The number of halogens is 2. The number of fused-ring (bicyclic) bond motifs is 3. The average molecular weight is 613 g/mol. The number of ether oxygens (including phenoxy) is 1. The monoisotopic (exact) mass is 612 g/mol. The van der Waals surface area contributed by atoms with Gasteiger partial charge in [-0.1, -0.05) is 30.3 Å². The third kappa shape index (κ3) is 5.90. The normalized spacial score (nSPS) is 17.3. The summed E-state index contributed by atoms with van der Waals surface area (Å²) in [6.07, 6.45) is 3.83. The minimum atomic E-state index is -3.81. The number of nitrogens with two attached hydrogens (primary N) is 2. The van der Waals surface area contributed by atoms with Crippen molar-refractivity contribution >= 4 is 37.5 Å². The Labute approximate surface area is 250 Å². The molecule has 0 radical (unpaired) electrons. The maximum Gasteiger partial charge on any atom is 0.248 e. The number of hydrazine groups is 1. The van der Waals surface area contributed by atoms with E-state index in [0.29, 0.717) is 38.9 Å². The number of alkyl halides is 2. The summed E-state index contributed by atoms with van der Waals surface area (Å²) in [6, 6.07) is 10.9. The molecule has 0 saturated heterocycles. The summed E-state index contributed by atoms with van der Waals surface area (Å²) in [5.41, 5.74) is 10.1. The number of allylic oxidation sites excluding steroid dienone is 1. The highest BCUT2D eigenvalue weighted by atomic mass is 32.2. The molecule has 5 rings (SSSR count). The first-order valence-corrected chi connectivity index (χ1v) is 16.2. The number of nitrogens with zero attached hydrogens (tertiary/aromatic N) is 4. The van der Waals surface area contributed by atoms with Gasteiger partial charge in [-0.15, -0.1) is 0 Å². The van der Waals surface area contributed by atoms with Crippen molar-refractivity contribution in [2.75, 3.05) is 13.3 Å². The molecule has 3 aromatic heterocycles. The lowest BCUT2D eigenvalue weighted by atomic mass is 9.79. The molecule has 230 valence electrons. The van der Waals surface area contributed by atoms with Crippen LogP contribution in [0.4, 0.5) is 8.78 Å². The van der Waals surface area contributed by atoms with Crippen LogP contribution < -0.4 is 16.3 Å². The van der Waals surface area contributed by atoms with E-state index in [2.05, 4.69) is 4.98 Å². The molecule has 9 nitrogen and oxygen atoms in total. The Kier molecular flexibility index (Phi) is 8.12. The molecule has 0 aliphatic heterocycles. The largest absolute Gasteiger partial charge is 0.474 e. The first-order chi connectivity index (χ1) is 20.2. The van der Waals surface area contributed by atoms with Crippen molar-refractivity contribution in [1.29, 1.82) is 0 Å². The number of hydrogen-bond donors (Lipinski definition) is 2. The summed E-state index contributed by atoms with van der Waals surface area (Å²) in [5.74, 6) is 3.44. The molecular weight excluding hydrogens is 574 g/mol. The molecule has 4 N–H and O–H groups in total. The predicted molar refractivity (Wildman–Crippen MR) is 164 cm³/mol. The quantitative estimate of drug-likeness (QED) is 0.193. The zero-order valence-electron chi connectivity index (χ0n) is 25.0. The van der Waals surface area contributed by atoms with Crippen LogP contribution in [0.1, 0.15) is 63.6 Å². The lowest BCUT2D eigenvalue weighted by Crippen LogP contribution is -2.30. The number of rotatable bonds is 8. The van der Waals surface area contributed by atoms with Gasteiger partial charge in [0.15, 0.2) is 9.84 Å². The highest BCUT2D eigenvalue weighted by Crippen LogP contribution is 2.48. The van der Waals surface area contributed by atoms with Crippen LogP contribution in [-0.2, 0) is 9.84 Å². The third-order valence-electron chi connectivity index (χ3n) is 7.96. The fourth-order valence-corrected chi connectivity index (χ4v) is 7.04. The summed E-state index contributed by atoms with van der Waals surface area (Å²) >= 11 is 0. The van der Waals surface area contributed by atoms with E-state index >= 15 is 0 Å². The third-order valence-corrected chi connectivity index (χ3v) is 9.06. The highest BCUT2D eigenvalue weighted by molar-refractivity contribution is 7.91. The van der Waals surface area contributed by atoms with Crippen molar-refractivity contribution in [3.05, 3.63) is 65.6 Å². The second kappa shape index (κ2) is 11.4. The van der Waals surface area contributed by atoms with Gasteiger partial charge in [-0.3, -0.25) is 4.98 Å². The van der Waals surface area contributed by atoms with E-state index in [-0.39, 0.29) is 48.5 Å². The van der Waals surface area contributed by atoms with Crippen LogP contribution in [0, 0.1) is 5.92 Å². The molecule has 1 unspecified atom stereocenters. The fourth-order valence-electron chi connectivity index (χ4n) is 6.24. The second-order valence-corrected chi connectivity index (χ2v) is 13.7. The van der Waals surface area contributed by atoms with Gasteiger partial charge in [0.2, 0.25) is 11.8 Å². The SMILES string of the molecule is C/C(N)=C(\c1cnc2c3c(OC(C)C)ncc(S(C)(=O)=O)c3n(C(c3ccccc3)C3CCC(F)(F)CC3)c2c1)N(C)N. The Bertz CT molecular complexity index is 1790. The molecule has 0 amide bonds. The van der Waals surface area contributed by atoms with Crippen molar-refractivity contribution < 1.29 is 21.9 Å².